The summed E-state index contributed by atoms with van der Waals surface area (Å²) in [6, 6.07) is 1.73. The predicted molar refractivity (Wildman–Crippen MR) is 65.1 cm³/mol. The number of aliphatic hydroxyl groups excluding tert-OH is 1. The van der Waals surface area contributed by atoms with Gasteiger partial charge in [0.25, 0.3) is 0 Å². The molecule has 0 spiro atoms. The molecule has 1 aliphatic carbocycles. The van der Waals surface area contributed by atoms with Gasteiger partial charge in [-0.25, -0.2) is 18.7 Å². The van der Waals surface area contributed by atoms with Crippen molar-refractivity contribution in [3.8, 4) is 0 Å². The van der Waals surface area contributed by atoms with Crippen LogP contribution in [-0.2, 0) is 0 Å². The van der Waals surface area contributed by atoms with Gasteiger partial charge in [-0.2, -0.15) is 0 Å². The van der Waals surface area contributed by atoms with E-state index in [1.165, 1.54) is 11.3 Å². The average molecular weight is 291 g/mol. The number of aromatic nitrogens is 2. The molecule has 1 unspecified atom stereocenters. The van der Waals surface area contributed by atoms with Crippen LogP contribution in [-0.4, -0.2) is 21.0 Å². The van der Waals surface area contributed by atoms with Crippen LogP contribution in [0.2, 0.25) is 5.28 Å². The zero-order valence-corrected chi connectivity index (χ0v) is 10.7. The van der Waals surface area contributed by atoms with Crippen LogP contribution in [0.3, 0.4) is 0 Å². The first-order valence-electron chi connectivity index (χ1n) is 5.42. The van der Waals surface area contributed by atoms with E-state index in [4.69, 9.17) is 11.6 Å². The lowest BCUT2D eigenvalue weighted by Crippen LogP contribution is -2.38. The monoisotopic (exact) mass is 290 g/mol. The second-order valence-electron chi connectivity index (χ2n) is 4.52. The van der Waals surface area contributed by atoms with Crippen LogP contribution in [0.5, 0.6) is 0 Å². The molecule has 0 bridgehead atoms. The standard InChI is InChI=1S/C11H9ClF2N2OS/c12-10-15-4-5-1-7(18-9(5)16-10)8(17)6-2-11(13,14)3-6/h1,4,6,8,17H,2-3H2. The molecule has 1 fully saturated rings. The fourth-order valence-corrected chi connectivity index (χ4v) is 3.41. The van der Waals surface area contributed by atoms with Gasteiger partial charge >= 0.3 is 0 Å². The van der Waals surface area contributed by atoms with E-state index in [-0.39, 0.29) is 24.0 Å². The molecule has 0 aromatic carbocycles. The zero-order chi connectivity index (χ0) is 12.9. The number of hydrogen-bond donors (Lipinski definition) is 1. The molecule has 3 rings (SSSR count). The van der Waals surface area contributed by atoms with E-state index < -0.39 is 12.0 Å². The van der Waals surface area contributed by atoms with E-state index in [9.17, 15) is 13.9 Å². The van der Waals surface area contributed by atoms with Gasteiger partial charge in [0.2, 0.25) is 11.2 Å². The van der Waals surface area contributed by atoms with Crippen molar-refractivity contribution in [1.29, 1.82) is 0 Å². The van der Waals surface area contributed by atoms with Crippen LogP contribution in [0.15, 0.2) is 12.3 Å². The molecule has 2 aromatic rings. The molecule has 18 heavy (non-hydrogen) atoms. The third kappa shape index (κ3) is 2.08. The van der Waals surface area contributed by atoms with Crippen molar-refractivity contribution in [2.45, 2.75) is 24.9 Å². The Balaban J connectivity index is 1.86. The molecule has 1 N–H and O–H groups in total. The normalized spacial score (nSPS) is 20.9. The quantitative estimate of drug-likeness (QED) is 0.862. The molecule has 0 amide bonds. The zero-order valence-electron chi connectivity index (χ0n) is 9.11. The molecule has 96 valence electrons. The first kappa shape index (κ1) is 12.2. The maximum absolute atomic E-state index is 12.8. The molecule has 0 aliphatic heterocycles. The molecular formula is C11H9ClF2N2OS. The summed E-state index contributed by atoms with van der Waals surface area (Å²) in [5, 5.41) is 10.9. The fourth-order valence-electron chi connectivity index (χ4n) is 2.14. The Bertz CT molecular complexity index is 596. The summed E-state index contributed by atoms with van der Waals surface area (Å²) in [5.74, 6) is -3.00. The number of fused-ring (bicyclic) bond motifs is 1. The predicted octanol–water partition coefficient (Wildman–Crippen LogP) is 3.42. The first-order chi connectivity index (χ1) is 8.44. The summed E-state index contributed by atoms with van der Waals surface area (Å²) >= 11 is 6.94. The van der Waals surface area contributed by atoms with Gasteiger partial charge in [-0.3, -0.25) is 0 Å². The Morgan fingerprint density at radius 2 is 2.22 bits per heavy atom. The lowest BCUT2D eigenvalue weighted by molar-refractivity contribution is -0.141. The molecule has 0 saturated heterocycles. The molecule has 2 aromatic heterocycles. The van der Waals surface area contributed by atoms with Crippen molar-refractivity contribution < 1.29 is 13.9 Å². The van der Waals surface area contributed by atoms with Crippen LogP contribution in [0, 0.1) is 5.92 Å². The molecule has 1 aliphatic rings. The highest BCUT2D eigenvalue weighted by atomic mass is 35.5. The van der Waals surface area contributed by atoms with Crippen molar-refractivity contribution in [2.24, 2.45) is 5.92 Å². The number of halogens is 3. The first-order valence-corrected chi connectivity index (χ1v) is 6.62. The molecule has 1 atom stereocenters. The van der Waals surface area contributed by atoms with Gasteiger partial charge in [0, 0.05) is 35.2 Å². The third-order valence-electron chi connectivity index (χ3n) is 3.12. The Morgan fingerprint density at radius 1 is 1.50 bits per heavy atom. The Kier molecular flexibility index (Phi) is 2.76. The summed E-state index contributed by atoms with van der Waals surface area (Å²) < 4.78 is 25.5. The highest BCUT2D eigenvalue weighted by Crippen LogP contribution is 2.49. The summed E-state index contributed by atoms with van der Waals surface area (Å²) in [6.45, 7) is 0. The van der Waals surface area contributed by atoms with E-state index in [0.717, 1.165) is 5.39 Å². The van der Waals surface area contributed by atoms with Gasteiger partial charge in [-0.15, -0.1) is 11.3 Å². The van der Waals surface area contributed by atoms with Crippen LogP contribution in [0.25, 0.3) is 10.2 Å². The lowest BCUT2D eigenvalue weighted by Gasteiger charge is -2.37. The van der Waals surface area contributed by atoms with E-state index >= 15 is 0 Å². The number of rotatable bonds is 2. The SMILES string of the molecule is OC(c1cc2cnc(Cl)nc2s1)C1CC(F)(F)C1. The van der Waals surface area contributed by atoms with Gasteiger partial charge in [0.1, 0.15) is 4.83 Å². The van der Waals surface area contributed by atoms with Crippen molar-refractivity contribution in [2.75, 3.05) is 0 Å². The highest BCUT2D eigenvalue weighted by molar-refractivity contribution is 7.18. The Morgan fingerprint density at radius 3 is 2.89 bits per heavy atom. The Labute approximate surface area is 110 Å². The van der Waals surface area contributed by atoms with E-state index in [1.54, 1.807) is 12.3 Å². The average Bonchev–Trinajstić information content (AvgIpc) is 2.67. The minimum absolute atomic E-state index is 0.139. The van der Waals surface area contributed by atoms with Gasteiger partial charge < -0.3 is 5.11 Å². The van der Waals surface area contributed by atoms with Gasteiger partial charge in [0.15, 0.2) is 0 Å². The molecule has 0 radical (unpaired) electrons. The van der Waals surface area contributed by atoms with Crippen molar-refractivity contribution >= 4 is 33.2 Å². The Hall–Kier alpha value is -0.850. The molecule has 2 heterocycles. The van der Waals surface area contributed by atoms with Crippen molar-refractivity contribution in [1.82, 2.24) is 9.97 Å². The molecular weight excluding hydrogens is 282 g/mol. The maximum atomic E-state index is 12.8. The summed E-state index contributed by atoms with van der Waals surface area (Å²) in [5.41, 5.74) is 0. The topological polar surface area (TPSA) is 46.0 Å². The molecule has 7 heteroatoms. The number of thiophene rings is 1. The van der Waals surface area contributed by atoms with E-state index in [2.05, 4.69) is 9.97 Å². The number of hydrogen-bond acceptors (Lipinski definition) is 4. The smallest absolute Gasteiger partial charge is 0.248 e. The fraction of sp³-hybridized carbons (Fsp3) is 0.455. The van der Waals surface area contributed by atoms with Gasteiger partial charge in [-0.1, -0.05) is 0 Å². The van der Waals surface area contributed by atoms with E-state index in [1.807, 2.05) is 0 Å². The highest BCUT2D eigenvalue weighted by Gasteiger charge is 2.48. The summed E-state index contributed by atoms with van der Waals surface area (Å²) in [4.78, 5) is 9.17. The molecule has 3 nitrogen and oxygen atoms in total. The molecule has 1 saturated carbocycles. The van der Waals surface area contributed by atoms with Crippen LogP contribution >= 0.6 is 22.9 Å². The minimum Gasteiger partial charge on any atom is -0.387 e. The van der Waals surface area contributed by atoms with Crippen molar-refractivity contribution in [3.63, 3.8) is 0 Å². The van der Waals surface area contributed by atoms with Gasteiger partial charge in [0.05, 0.1) is 6.10 Å². The summed E-state index contributed by atoms with van der Waals surface area (Å²) in [7, 11) is 0. The van der Waals surface area contributed by atoms with E-state index in [0.29, 0.717) is 9.71 Å². The number of alkyl halides is 2. The van der Waals surface area contributed by atoms with Crippen LogP contribution < -0.4 is 0 Å². The van der Waals surface area contributed by atoms with Gasteiger partial charge in [-0.05, 0) is 17.7 Å². The second kappa shape index (κ2) is 4.08. The van der Waals surface area contributed by atoms with Crippen LogP contribution in [0.4, 0.5) is 8.78 Å². The number of nitrogens with zero attached hydrogens (tertiary/aromatic N) is 2. The second-order valence-corrected chi connectivity index (χ2v) is 5.92. The minimum atomic E-state index is -2.62. The third-order valence-corrected chi connectivity index (χ3v) is 4.42. The number of aliphatic hydroxyl groups is 1. The largest absolute Gasteiger partial charge is 0.387 e. The van der Waals surface area contributed by atoms with Crippen molar-refractivity contribution in [3.05, 3.63) is 22.4 Å². The summed E-state index contributed by atoms with van der Waals surface area (Å²) in [6.07, 6.45) is 0.193. The van der Waals surface area contributed by atoms with Crippen LogP contribution in [0.1, 0.15) is 23.8 Å². The lowest BCUT2D eigenvalue weighted by atomic mass is 9.77. The maximum Gasteiger partial charge on any atom is 0.248 e.